The second kappa shape index (κ2) is 11.9. The summed E-state index contributed by atoms with van der Waals surface area (Å²) in [5, 5.41) is 16.7. The van der Waals surface area contributed by atoms with Crippen molar-refractivity contribution in [2.75, 3.05) is 11.9 Å². The van der Waals surface area contributed by atoms with E-state index in [2.05, 4.69) is 32.6 Å². The molecule has 0 bridgehead atoms. The van der Waals surface area contributed by atoms with Crippen molar-refractivity contribution in [3.05, 3.63) is 101 Å². The third-order valence-corrected chi connectivity index (χ3v) is 7.34. The minimum atomic E-state index is -0.166. The molecular weight excluding hydrogens is 526 g/mol. The number of hydrogen-bond acceptors (Lipinski definition) is 6. The maximum atomic E-state index is 13.2. The molecule has 1 unspecified atom stereocenters. The normalized spacial score (nSPS) is 14.8. The summed E-state index contributed by atoms with van der Waals surface area (Å²) in [4.78, 5) is 17.6. The molecule has 1 fully saturated rings. The van der Waals surface area contributed by atoms with Crippen LogP contribution in [0.2, 0.25) is 0 Å². The van der Waals surface area contributed by atoms with Crippen LogP contribution in [0.3, 0.4) is 0 Å². The first-order chi connectivity index (χ1) is 20.4. The molecule has 1 amide bonds. The van der Waals surface area contributed by atoms with Gasteiger partial charge >= 0.3 is 0 Å². The van der Waals surface area contributed by atoms with E-state index in [-0.39, 0.29) is 12.1 Å². The molecule has 212 valence electrons. The smallest absolute Gasteiger partial charge is 0.253 e. The van der Waals surface area contributed by atoms with Crippen LogP contribution in [0.15, 0.2) is 66.9 Å². The predicted molar refractivity (Wildman–Crippen MR) is 162 cm³/mol. The Balaban J connectivity index is 1.30. The van der Waals surface area contributed by atoms with Crippen molar-refractivity contribution in [2.45, 2.75) is 45.9 Å². The van der Waals surface area contributed by atoms with E-state index in [0.29, 0.717) is 35.8 Å². The van der Waals surface area contributed by atoms with Gasteiger partial charge in [-0.15, -0.1) is 0 Å². The van der Waals surface area contributed by atoms with E-state index in [1.807, 2.05) is 86.2 Å². The highest BCUT2D eigenvalue weighted by Crippen LogP contribution is 2.31. The van der Waals surface area contributed by atoms with Crippen LogP contribution >= 0.6 is 0 Å². The maximum absolute atomic E-state index is 13.2. The summed E-state index contributed by atoms with van der Waals surface area (Å²) in [6, 6.07) is 19.4. The zero-order valence-corrected chi connectivity index (χ0v) is 24.0. The summed E-state index contributed by atoms with van der Waals surface area (Å²) in [5.74, 6) is 6.24. The second-order valence-electron chi connectivity index (χ2n) is 10.6. The number of amides is 1. The van der Waals surface area contributed by atoms with Crippen molar-refractivity contribution < 1.29 is 9.53 Å². The minimum absolute atomic E-state index is 0.155. The first-order valence-electron chi connectivity index (χ1n) is 14.2. The maximum Gasteiger partial charge on any atom is 0.253 e. The van der Waals surface area contributed by atoms with Crippen molar-refractivity contribution in [3.8, 4) is 11.8 Å². The Kier molecular flexibility index (Phi) is 7.71. The van der Waals surface area contributed by atoms with Crippen molar-refractivity contribution in [1.29, 1.82) is 0 Å². The van der Waals surface area contributed by atoms with Crippen LogP contribution in [0.4, 0.5) is 11.4 Å². The lowest BCUT2D eigenvalue weighted by Crippen LogP contribution is -2.24. The number of nitrogens with one attached hydrogen (secondary N) is 2. The molecule has 1 saturated heterocycles. The van der Waals surface area contributed by atoms with Crippen LogP contribution in [-0.2, 0) is 18.3 Å². The minimum Gasteiger partial charge on any atom is -0.356 e. The molecule has 6 rings (SSSR count). The molecule has 1 atom stereocenters. The fourth-order valence-corrected chi connectivity index (χ4v) is 5.21. The van der Waals surface area contributed by atoms with E-state index < -0.39 is 0 Å². The highest BCUT2D eigenvalue weighted by molar-refractivity contribution is 6.00. The molecule has 42 heavy (non-hydrogen) atoms. The summed E-state index contributed by atoms with van der Waals surface area (Å²) >= 11 is 0. The molecule has 9 nitrogen and oxygen atoms in total. The molecule has 2 N–H and O–H groups in total. The average molecular weight is 560 g/mol. The van der Waals surface area contributed by atoms with Crippen LogP contribution < -0.4 is 10.6 Å². The zero-order chi connectivity index (χ0) is 29.1. The lowest BCUT2D eigenvalue weighted by molar-refractivity contribution is -0.0367. The summed E-state index contributed by atoms with van der Waals surface area (Å²) in [5.41, 5.74) is 7.36. The SMILES string of the molecule is Cc1ccnc(C#Cc2nn(C3CCCCO3)c3cc(Nc4ccccc4C(=O)NCc4cc(C)nn4C)ccc23)c1. The Morgan fingerprint density at radius 2 is 1.93 bits per heavy atom. The number of anilines is 2. The van der Waals surface area contributed by atoms with Crippen molar-refractivity contribution in [1.82, 2.24) is 29.9 Å². The largest absolute Gasteiger partial charge is 0.356 e. The van der Waals surface area contributed by atoms with Gasteiger partial charge in [0.1, 0.15) is 11.4 Å². The summed E-state index contributed by atoms with van der Waals surface area (Å²) in [6.07, 6.45) is 4.63. The Bertz CT molecular complexity index is 1820. The van der Waals surface area contributed by atoms with Gasteiger partial charge in [0.2, 0.25) is 0 Å². The van der Waals surface area contributed by atoms with E-state index in [9.17, 15) is 4.79 Å². The number of para-hydroxylation sites is 1. The molecule has 9 heteroatoms. The molecular formula is C33H33N7O2. The Labute approximate surface area is 244 Å². The standard InChI is InChI=1S/C33H33N7O2/c1-22-15-16-34-24(18-22)12-14-30-27-13-11-25(20-31(27)40(38-30)32-10-6-7-17-42-32)36-29-9-5-4-8-28(29)33(41)35-21-26-19-23(2)37-39(26)3/h4-5,8-9,11,13,15-16,18-20,32,36H,6-7,10,17,21H2,1-3H3,(H,35,41). The summed E-state index contributed by atoms with van der Waals surface area (Å²) < 4.78 is 9.83. The van der Waals surface area contributed by atoms with Gasteiger partial charge in [0.05, 0.1) is 34.7 Å². The van der Waals surface area contributed by atoms with Gasteiger partial charge in [-0.3, -0.25) is 9.48 Å². The summed E-state index contributed by atoms with van der Waals surface area (Å²) in [7, 11) is 1.87. The number of aryl methyl sites for hydroxylation is 3. The number of nitrogens with zero attached hydrogens (tertiary/aromatic N) is 5. The Hall–Kier alpha value is -4.94. The average Bonchev–Trinajstić information content (AvgIpc) is 3.53. The molecule has 4 heterocycles. The van der Waals surface area contributed by atoms with Crippen LogP contribution in [0.1, 0.15) is 64.2 Å². The quantitative estimate of drug-likeness (QED) is 0.265. The third-order valence-electron chi connectivity index (χ3n) is 7.34. The number of pyridine rings is 1. The Morgan fingerprint density at radius 3 is 2.71 bits per heavy atom. The van der Waals surface area contributed by atoms with Gasteiger partial charge in [0, 0.05) is 30.9 Å². The van der Waals surface area contributed by atoms with Crippen molar-refractivity contribution >= 4 is 28.2 Å². The number of carbonyl (C=O) groups is 1. The van der Waals surface area contributed by atoms with Gasteiger partial charge < -0.3 is 15.4 Å². The molecule has 1 aliphatic heterocycles. The molecule has 1 aliphatic rings. The molecule has 0 aliphatic carbocycles. The van der Waals surface area contributed by atoms with E-state index >= 15 is 0 Å². The van der Waals surface area contributed by atoms with Gasteiger partial charge in [0.25, 0.3) is 5.91 Å². The van der Waals surface area contributed by atoms with Crippen LogP contribution in [-0.4, -0.2) is 37.1 Å². The molecule has 2 aromatic carbocycles. The second-order valence-corrected chi connectivity index (χ2v) is 10.6. The van der Waals surface area contributed by atoms with Gasteiger partial charge in [-0.05, 0) is 99.0 Å². The fraction of sp³-hybridized carbons (Fsp3) is 0.273. The number of hydrogen-bond donors (Lipinski definition) is 2. The lowest BCUT2D eigenvalue weighted by atomic mass is 10.1. The van der Waals surface area contributed by atoms with Crippen LogP contribution in [0.25, 0.3) is 10.9 Å². The van der Waals surface area contributed by atoms with Crippen molar-refractivity contribution in [3.63, 3.8) is 0 Å². The van der Waals surface area contributed by atoms with Gasteiger partial charge in [0.15, 0.2) is 6.23 Å². The number of aromatic nitrogens is 5. The molecule has 3 aromatic heterocycles. The third kappa shape index (κ3) is 5.90. The highest BCUT2D eigenvalue weighted by Gasteiger charge is 2.21. The lowest BCUT2D eigenvalue weighted by Gasteiger charge is -2.23. The number of ether oxygens (including phenoxy) is 1. The van der Waals surface area contributed by atoms with E-state index in [1.165, 1.54) is 0 Å². The highest BCUT2D eigenvalue weighted by atomic mass is 16.5. The zero-order valence-electron chi connectivity index (χ0n) is 24.0. The molecule has 0 radical (unpaired) electrons. The monoisotopic (exact) mass is 559 g/mol. The number of carbonyl (C=O) groups excluding carboxylic acids is 1. The number of benzene rings is 2. The van der Waals surface area contributed by atoms with Gasteiger partial charge in [-0.25, -0.2) is 9.67 Å². The van der Waals surface area contributed by atoms with Crippen LogP contribution in [0.5, 0.6) is 0 Å². The van der Waals surface area contributed by atoms with E-state index in [4.69, 9.17) is 9.84 Å². The van der Waals surface area contributed by atoms with Crippen LogP contribution in [0, 0.1) is 25.7 Å². The number of fused-ring (bicyclic) bond motifs is 1. The molecule has 0 saturated carbocycles. The topological polar surface area (TPSA) is 98.9 Å². The van der Waals surface area contributed by atoms with E-state index in [1.54, 1.807) is 10.9 Å². The Morgan fingerprint density at radius 1 is 1.05 bits per heavy atom. The first kappa shape index (κ1) is 27.2. The molecule has 0 spiro atoms. The van der Waals surface area contributed by atoms with Gasteiger partial charge in [-0.2, -0.15) is 10.2 Å². The fourth-order valence-electron chi connectivity index (χ4n) is 5.21. The number of rotatable bonds is 6. The van der Waals surface area contributed by atoms with Gasteiger partial charge in [-0.1, -0.05) is 12.1 Å². The van der Waals surface area contributed by atoms with E-state index in [0.717, 1.165) is 52.8 Å². The van der Waals surface area contributed by atoms with Crippen molar-refractivity contribution in [2.24, 2.45) is 7.05 Å². The summed E-state index contributed by atoms with van der Waals surface area (Å²) in [6.45, 7) is 5.05. The first-order valence-corrected chi connectivity index (χ1v) is 14.2. The predicted octanol–water partition coefficient (Wildman–Crippen LogP) is 5.55. The molecule has 5 aromatic rings.